The van der Waals surface area contributed by atoms with E-state index in [9.17, 15) is 0 Å². The van der Waals surface area contributed by atoms with E-state index in [1.165, 1.54) is 58.3 Å². The van der Waals surface area contributed by atoms with Crippen molar-refractivity contribution >= 4 is 12.4 Å². The van der Waals surface area contributed by atoms with Gasteiger partial charge in [0.15, 0.2) is 0 Å². The Morgan fingerprint density at radius 3 is 2.71 bits per heavy atom. The molecule has 0 saturated carbocycles. The first-order valence-corrected chi connectivity index (χ1v) is 6.84. The van der Waals surface area contributed by atoms with Gasteiger partial charge in [-0.1, -0.05) is 0 Å². The van der Waals surface area contributed by atoms with Crippen LogP contribution in [0.4, 0.5) is 0 Å². The molecule has 0 aromatic carbocycles. The lowest BCUT2D eigenvalue weighted by Crippen LogP contribution is -2.40. The Hall–Kier alpha value is 0.170. The van der Waals surface area contributed by atoms with Crippen LogP contribution in [0.1, 0.15) is 32.1 Å². The summed E-state index contributed by atoms with van der Waals surface area (Å²) in [7, 11) is 1.85. The summed E-state index contributed by atoms with van der Waals surface area (Å²) in [6, 6.07) is 0. The van der Waals surface area contributed by atoms with Gasteiger partial charge in [0.2, 0.25) is 0 Å². The second kappa shape index (κ2) is 8.30. The summed E-state index contributed by atoms with van der Waals surface area (Å²) in [5.41, 5.74) is 0. The molecule has 102 valence electrons. The number of rotatable bonds is 4. The van der Waals surface area contributed by atoms with Gasteiger partial charge < -0.3 is 15.0 Å². The highest BCUT2D eigenvalue weighted by Gasteiger charge is 2.20. The maximum Gasteiger partial charge on any atom is 0.0698 e. The van der Waals surface area contributed by atoms with Crippen LogP contribution in [0, 0.1) is 5.92 Å². The van der Waals surface area contributed by atoms with Crippen LogP contribution in [0.15, 0.2) is 0 Å². The number of piperidine rings is 2. The Morgan fingerprint density at radius 1 is 1.24 bits per heavy atom. The molecule has 17 heavy (non-hydrogen) atoms. The zero-order chi connectivity index (χ0) is 11.2. The fourth-order valence-corrected chi connectivity index (χ4v) is 2.94. The third kappa shape index (κ3) is 5.12. The van der Waals surface area contributed by atoms with Crippen LogP contribution >= 0.6 is 12.4 Å². The Balaban J connectivity index is 0.00000144. The third-order valence-corrected chi connectivity index (χ3v) is 4.11. The lowest BCUT2D eigenvalue weighted by Gasteiger charge is -2.33. The van der Waals surface area contributed by atoms with E-state index in [1.54, 1.807) is 0 Å². The zero-order valence-corrected chi connectivity index (χ0v) is 11.8. The molecule has 1 unspecified atom stereocenters. The first kappa shape index (κ1) is 15.2. The van der Waals surface area contributed by atoms with Crippen LogP contribution in [-0.2, 0) is 4.74 Å². The smallest absolute Gasteiger partial charge is 0.0698 e. The SMILES string of the molecule is COC1CCCN(CCC2CCNCC2)C1.Cl. The highest BCUT2D eigenvalue weighted by atomic mass is 35.5. The molecule has 2 fully saturated rings. The maximum atomic E-state index is 5.46. The average Bonchev–Trinajstić information content (AvgIpc) is 2.38. The van der Waals surface area contributed by atoms with Crippen molar-refractivity contribution < 1.29 is 4.74 Å². The van der Waals surface area contributed by atoms with Crippen molar-refractivity contribution in [1.82, 2.24) is 10.2 Å². The summed E-state index contributed by atoms with van der Waals surface area (Å²) in [6.07, 6.45) is 7.19. The van der Waals surface area contributed by atoms with Gasteiger partial charge in [0, 0.05) is 13.7 Å². The van der Waals surface area contributed by atoms with Crippen molar-refractivity contribution in [3.05, 3.63) is 0 Å². The number of halogens is 1. The van der Waals surface area contributed by atoms with Gasteiger partial charge >= 0.3 is 0 Å². The Labute approximate surface area is 112 Å². The molecule has 2 saturated heterocycles. The molecule has 2 aliphatic heterocycles. The first-order chi connectivity index (χ1) is 7.88. The Bertz CT molecular complexity index is 198. The van der Waals surface area contributed by atoms with Crippen molar-refractivity contribution in [1.29, 1.82) is 0 Å². The maximum absolute atomic E-state index is 5.46. The molecule has 0 bridgehead atoms. The topological polar surface area (TPSA) is 24.5 Å². The van der Waals surface area contributed by atoms with Gasteiger partial charge in [0.1, 0.15) is 0 Å². The summed E-state index contributed by atoms with van der Waals surface area (Å²) >= 11 is 0. The van der Waals surface area contributed by atoms with Crippen LogP contribution in [0.2, 0.25) is 0 Å². The first-order valence-electron chi connectivity index (χ1n) is 6.84. The van der Waals surface area contributed by atoms with Crippen LogP contribution in [0.3, 0.4) is 0 Å². The minimum Gasteiger partial charge on any atom is -0.380 e. The van der Waals surface area contributed by atoms with E-state index in [-0.39, 0.29) is 12.4 Å². The van der Waals surface area contributed by atoms with E-state index in [0.29, 0.717) is 6.10 Å². The van der Waals surface area contributed by atoms with Gasteiger partial charge in [-0.05, 0) is 64.2 Å². The molecule has 0 radical (unpaired) electrons. The molecule has 0 amide bonds. The number of nitrogens with one attached hydrogen (secondary N) is 1. The van der Waals surface area contributed by atoms with Gasteiger partial charge in [-0.2, -0.15) is 0 Å². The van der Waals surface area contributed by atoms with Crippen LogP contribution in [0.25, 0.3) is 0 Å². The van der Waals surface area contributed by atoms with E-state index in [0.717, 1.165) is 12.5 Å². The number of likely N-dealkylation sites (tertiary alicyclic amines) is 1. The second-order valence-corrected chi connectivity index (χ2v) is 5.28. The number of ether oxygens (including phenoxy) is 1. The van der Waals surface area contributed by atoms with E-state index in [2.05, 4.69) is 10.2 Å². The van der Waals surface area contributed by atoms with E-state index in [4.69, 9.17) is 4.74 Å². The largest absolute Gasteiger partial charge is 0.380 e. The molecule has 3 nitrogen and oxygen atoms in total. The quantitative estimate of drug-likeness (QED) is 0.838. The molecule has 1 N–H and O–H groups in total. The molecular weight excluding hydrogens is 236 g/mol. The minimum atomic E-state index is 0. The monoisotopic (exact) mass is 262 g/mol. The second-order valence-electron chi connectivity index (χ2n) is 5.28. The lowest BCUT2D eigenvalue weighted by molar-refractivity contribution is 0.0291. The number of hydrogen-bond acceptors (Lipinski definition) is 3. The summed E-state index contributed by atoms with van der Waals surface area (Å²) in [5.74, 6) is 0.962. The highest BCUT2D eigenvalue weighted by Crippen LogP contribution is 2.18. The molecule has 2 aliphatic rings. The lowest BCUT2D eigenvalue weighted by atomic mass is 9.94. The fourth-order valence-electron chi connectivity index (χ4n) is 2.94. The predicted molar refractivity (Wildman–Crippen MR) is 73.9 cm³/mol. The predicted octanol–water partition coefficient (Wildman–Crippen LogP) is 1.91. The summed E-state index contributed by atoms with van der Waals surface area (Å²) in [6.45, 7) is 6.17. The van der Waals surface area contributed by atoms with Crippen LogP contribution < -0.4 is 5.32 Å². The normalized spacial score (nSPS) is 27.7. The molecule has 0 aliphatic carbocycles. The third-order valence-electron chi connectivity index (χ3n) is 4.11. The van der Waals surface area contributed by atoms with Crippen molar-refractivity contribution in [3.8, 4) is 0 Å². The standard InChI is InChI=1S/C13H26N2O.ClH/c1-16-13-3-2-9-15(11-13)10-6-12-4-7-14-8-5-12;/h12-14H,2-11H2,1H3;1H. The molecule has 2 heterocycles. The average molecular weight is 263 g/mol. The molecule has 1 atom stereocenters. The minimum absolute atomic E-state index is 0. The van der Waals surface area contributed by atoms with Gasteiger partial charge in [-0.3, -0.25) is 0 Å². The van der Waals surface area contributed by atoms with Crippen LogP contribution in [0.5, 0.6) is 0 Å². The van der Waals surface area contributed by atoms with Gasteiger partial charge in [0.25, 0.3) is 0 Å². The van der Waals surface area contributed by atoms with Gasteiger partial charge in [-0.25, -0.2) is 0 Å². The number of hydrogen-bond donors (Lipinski definition) is 1. The van der Waals surface area contributed by atoms with Gasteiger partial charge in [0.05, 0.1) is 6.10 Å². The van der Waals surface area contributed by atoms with Crippen molar-refractivity contribution in [3.63, 3.8) is 0 Å². The zero-order valence-electron chi connectivity index (χ0n) is 11.0. The molecule has 0 aromatic rings. The van der Waals surface area contributed by atoms with E-state index < -0.39 is 0 Å². The van der Waals surface area contributed by atoms with Crippen molar-refractivity contribution in [2.45, 2.75) is 38.2 Å². The van der Waals surface area contributed by atoms with Crippen molar-refractivity contribution in [2.75, 3.05) is 39.8 Å². The summed E-state index contributed by atoms with van der Waals surface area (Å²) in [5, 5.41) is 3.44. The molecule has 4 heteroatoms. The van der Waals surface area contributed by atoms with Gasteiger partial charge in [-0.15, -0.1) is 12.4 Å². The molecule has 0 aromatic heterocycles. The Kier molecular flexibility index (Phi) is 7.44. The number of methoxy groups -OCH3 is 1. The number of nitrogens with zero attached hydrogens (tertiary/aromatic N) is 1. The van der Waals surface area contributed by atoms with E-state index >= 15 is 0 Å². The van der Waals surface area contributed by atoms with Crippen LogP contribution in [-0.4, -0.2) is 50.8 Å². The Morgan fingerprint density at radius 2 is 2.00 bits per heavy atom. The molecule has 2 rings (SSSR count). The van der Waals surface area contributed by atoms with Crippen molar-refractivity contribution in [2.24, 2.45) is 5.92 Å². The van der Waals surface area contributed by atoms with E-state index in [1.807, 2.05) is 7.11 Å². The summed E-state index contributed by atoms with van der Waals surface area (Å²) in [4.78, 5) is 2.60. The molecule has 0 spiro atoms. The fraction of sp³-hybridized carbons (Fsp3) is 1.00. The summed E-state index contributed by atoms with van der Waals surface area (Å²) < 4.78 is 5.46. The molecular formula is C13H27ClN2O. The highest BCUT2D eigenvalue weighted by molar-refractivity contribution is 5.85.